The third kappa shape index (κ3) is 4.76. The van der Waals surface area contributed by atoms with Crippen LogP contribution in [0.4, 0.5) is 5.00 Å². The number of amides is 1. The first kappa shape index (κ1) is 19.3. The summed E-state index contributed by atoms with van der Waals surface area (Å²) in [5, 5.41) is 7.14. The maximum Gasteiger partial charge on any atom is 0.341 e. The molecule has 1 N–H and O–H groups in total. The number of aryl methyl sites for hydroxylation is 1. The number of halogens is 1. The molecule has 2 rings (SSSR count). The minimum Gasteiger partial charge on any atom is -0.462 e. The van der Waals surface area contributed by atoms with E-state index in [1.54, 1.807) is 30.9 Å². The smallest absolute Gasteiger partial charge is 0.341 e. The van der Waals surface area contributed by atoms with Crippen LogP contribution in [0.15, 0.2) is 16.9 Å². The molecule has 0 aliphatic carbocycles. The van der Waals surface area contributed by atoms with Crippen LogP contribution in [0.1, 0.15) is 45.9 Å². The maximum atomic E-state index is 12.2. The number of nitrogens with one attached hydrogen (secondary N) is 1. The molecule has 0 bridgehead atoms. The van der Waals surface area contributed by atoms with E-state index in [4.69, 9.17) is 4.74 Å². The molecule has 134 valence electrons. The first-order chi connectivity index (χ1) is 11.8. The van der Waals surface area contributed by atoms with Gasteiger partial charge in [0, 0.05) is 19.2 Å². The summed E-state index contributed by atoms with van der Waals surface area (Å²) in [6.45, 7) is 5.42. The molecule has 0 saturated heterocycles. The molecular weight excluding hydrogens is 410 g/mol. The van der Waals surface area contributed by atoms with Crippen LogP contribution in [-0.4, -0.2) is 34.0 Å². The van der Waals surface area contributed by atoms with E-state index in [0.717, 1.165) is 15.8 Å². The third-order valence-electron chi connectivity index (χ3n) is 3.37. The molecule has 0 atom stereocenters. The molecule has 0 fully saturated rings. The molecule has 7 nitrogen and oxygen atoms in total. The highest BCUT2D eigenvalue weighted by molar-refractivity contribution is 9.10. The highest BCUT2D eigenvalue weighted by Gasteiger charge is 2.25. The zero-order chi connectivity index (χ0) is 18.6. The standard InChI is InChI=1S/C16H18BrN3O4S/c1-4-24-16(23)13-9(2)14(10(3)21)25-15(13)19-12(22)5-6-20-8-11(17)7-18-20/h7-8H,4-6H2,1-3H3,(H,19,22). The van der Waals surface area contributed by atoms with E-state index in [1.165, 1.54) is 6.92 Å². The fourth-order valence-electron chi connectivity index (χ4n) is 2.25. The lowest BCUT2D eigenvalue weighted by atomic mass is 10.1. The molecule has 2 aromatic heterocycles. The highest BCUT2D eigenvalue weighted by atomic mass is 79.9. The van der Waals surface area contributed by atoms with Crippen molar-refractivity contribution in [2.45, 2.75) is 33.7 Å². The lowest BCUT2D eigenvalue weighted by Gasteiger charge is -2.07. The summed E-state index contributed by atoms with van der Waals surface area (Å²) in [5.41, 5.74) is 0.773. The average molecular weight is 428 g/mol. The van der Waals surface area contributed by atoms with Gasteiger partial charge in [-0.1, -0.05) is 0 Å². The quantitative estimate of drug-likeness (QED) is 0.539. The van der Waals surface area contributed by atoms with E-state index < -0.39 is 5.97 Å². The molecule has 2 heterocycles. The third-order valence-corrected chi connectivity index (χ3v) is 5.09. The minimum atomic E-state index is -0.546. The van der Waals surface area contributed by atoms with Crippen molar-refractivity contribution in [3.63, 3.8) is 0 Å². The second-order valence-electron chi connectivity index (χ2n) is 5.26. The number of anilines is 1. The Morgan fingerprint density at radius 3 is 2.68 bits per heavy atom. The fourth-order valence-corrected chi connectivity index (χ4v) is 3.69. The number of nitrogens with zero attached hydrogens (tertiary/aromatic N) is 2. The Morgan fingerprint density at radius 2 is 2.12 bits per heavy atom. The van der Waals surface area contributed by atoms with Gasteiger partial charge < -0.3 is 10.1 Å². The van der Waals surface area contributed by atoms with Crippen LogP contribution in [0.5, 0.6) is 0 Å². The Hall–Kier alpha value is -2.00. The molecule has 25 heavy (non-hydrogen) atoms. The number of aromatic nitrogens is 2. The van der Waals surface area contributed by atoms with Crippen molar-refractivity contribution < 1.29 is 19.1 Å². The number of esters is 1. The lowest BCUT2D eigenvalue weighted by Crippen LogP contribution is -2.16. The van der Waals surface area contributed by atoms with Crippen molar-refractivity contribution in [1.29, 1.82) is 0 Å². The van der Waals surface area contributed by atoms with Gasteiger partial charge >= 0.3 is 5.97 Å². The van der Waals surface area contributed by atoms with E-state index in [-0.39, 0.29) is 30.3 Å². The number of carbonyl (C=O) groups is 3. The van der Waals surface area contributed by atoms with Gasteiger partial charge in [-0.2, -0.15) is 5.10 Å². The lowest BCUT2D eigenvalue weighted by molar-refractivity contribution is -0.116. The second kappa shape index (κ2) is 8.39. The summed E-state index contributed by atoms with van der Waals surface area (Å²) in [4.78, 5) is 36.6. The number of ether oxygens (including phenoxy) is 1. The molecule has 2 aromatic rings. The summed E-state index contributed by atoms with van der Waals surface area (Å²) < 4.78 is 7.51. The predicted molar refractivity (Wildman–Crippen MR) is 98.2 cm³/mol. The van der Waals surface area contributed by atoms with Crippen LogP contribution in [0.2, 0.25) is 0 Å². The van der Waals surface area contributed by atoms with Gasteiger partial charge in [-0.25, -0.2) is 4.79 Å². The Bertz CT molecular complexity index is 812. The summed E-state index contributed by atoms with van der Waals surface area (Å²) in [6.07, 6.45) is 3.59. The molecule has 0 unspecified atom stereocenters. The number of rotatable bonds is 7. The van der Waals surface area contributed by atoms with Crippen LogP contribution in [0.3, 0.4) is 0 Å². The molecule has 1 amide bonds. The van der Waals surface area contributed by atoms with Gasteiger partial charge in [-0.3, -0.25) is 14.3 Å². The summed E-state index contributed by atoms with van der Waals surface area (Å²) in [7, 11) is 0. The molecule has 9 heteroatoms. The molecule has 0 aliphatic heterocycles. The van der Waals surface area contributed by atoms with Crippen molar-refractivity contribution >= 4 is 49.9 Å². The number of thiophene rings is 1. The van der Waals surface area contributed by atoms with Crippen molar-refractivity contribution in [2.75, 3.05) is 11.9 Å². The molecular formula is C16H18BrN3O4S. The van der Waals surface area contributed by atoms with E-state index in [1.807, 2.05) is 0 Å². The normalized spacial score (nSPS) is 10.6. The topological polar surface area (TPSA) is 90.3 Å². The molecule has 0 aromatic carbocycles. The van der Waals surface area contributed by atoms with Gasteiger partial charge in [-0.15, -0.1) is 11.3 Å². The van der Waals surface area contributed by atoms with Crippen LogP contribution in [-0.2, 0) is 16.1 Å². The zero-order valence-electron chi connectivity index (χ0n) is 14.1. The van der Waals surface area contributed by atoms with Gasteiger partial charge in [0.05, 0.1) is 27.7 Å². The van der Waals surface area contributed by atoms with E-state index in [2.05, 4.69) is 26.3 Å². The predicted octanol–water partition coefficient (Wildman–Crippen LogP) is 3.42. The number of carbonyl (C=O) groups excluding carboxylic acids is 3. The zero-order valence-corrected chi connectivity index (χ0v) is 16.5. The van der Waals surface area contributed by atoms with Crippen molar-refractivity contribution in [3.8, 4) is 0 Å². The van der Waals surface area contributed by atoms with Gasteiger partial charge in [0.25, 0.3) is 0 Å². The Morgan fingerprint density at radius 1 is 1.40 bits per heavy atom. The molecule has 0 aliphatic rings. The van der Waals surface area contributed by atoms with E-state index in [0.29, 0.717) is 22.0 Å². The largest absolute Gasteiger partial charge is 0.462 e. The maximum absolute atomic E-state index is 12.2. The summed E-state index contributed by atoms with van der Waals surface area (Å²) in [5.74, 6) is -0.974. The molecule has 0 spiro atoms. The SMILES string of the molecule is CCOC(=O)c1c(NC(=O)CCn2cc(Br)cn2)sc(C(C)=O)c1C. The Labute approximate surface area is 157 Å². The van der Waals surface area contributed by atoms with E-state index >= 15 is 0 Å². The van der Waals surface area contributed by atoms with Crippen molar-refractivity contribution in [2.24, 2.45) is 0 Å². The van der Waals surface area contributed by atoms with Crippen molar-refractivity contribution in [1.82, 2.24) is 9.78 Å². The van der Waals surface area contributed by atoms with Gasteiger partial charge in [0.2, 0.25) is 5.91 Å². The van der Waals surface area contributed by atoms with Gasteiger partial charge in [0.15, 0.2) is 5.78 Å². The Kier molecular flexibility index (Phi) is 6.49. The monoisotopic (exact) mass is 427 g/mol. The number of hydrogen-bond donors (Lipinski definition) is 1. The fraction of sp³-hybridized carbons (Fsp3) is 0.375. The van der Waals surface area contributed by atoms with Crippen LogP contribution in [0, 0.1) is 6.92 Å². The van der Waals surface area contributed by atoms with E-state index in [9.17, 15) is 14.4 Å². The Balaban J connectivity index is 2.16. The second-order valence-corrected chi connectivity index (χ2v) is 7.19. The average Bonchev–Trinajstić information content (AvgIpc) is 3.09. The highest BCUT2D eigenvalue weighted by Crippen LogP contribution is 2.34. The first-order valence-electron chi connectivity index (χ1n) is 7.62. The van der Waals surface area contributed by atoms with Gasteiger partial charge in [-0.05, 0) is 42.3 Å². The first-order valence-corrected chi connectivity index (χ1v) is 9.23. The van der Waals surface area contributed by atoms with Crippen LogP contribution in [0.25, 0.3) is 0 Å². The summed E-state index contributed by atoms with van der Waals surface area (Å²) in [6, 6.07) is 0. The summed E-state index contributed by atoms with van der Waals surface area (Å²) >= 11 is 4.38. The number of ketones is 1. The van der Waals surface area contributed by atoms with Crippen molar-refractivity contribution in [3.05, 3.63) is 32.9 Å². The van der Waals surface area contributed by atoms with Crippen LogP contribution < -0.4 is 5.32 Å². The number of hydrogen-bond acceptors (Lipinski definition) is 6. The van der Waals surface area contributed by atoms with Crippen LogP contribution >= 0.6 is 27.3 Å². The van der Waals surface area contributed by atoms with Gasteiger partial charge in [0.1, 0.15) is 5.00 Å². The molecule has 0 saturated carbocycles. The number of Topliss-reactive ketones (excluding diaryl/α,β-unsaturated/α-hetero) is 1. The molecule has 0 radical (unpaired) electrons. The minimum absolute atomic E-state index is 0.157.